The van der Waals surface area contributed by atoms with E-state index >= 15 is 0 Å². The highest BCUT2D eigenvalue weighted by atomic mass is 16.5. The minimum absolute atomic E-state index is 0.0178. The van der Waals surface area contributed by atoms with Gasteiger partial charge in [0, 0.05) is 31.7 Å². The van der Waals surface area contributed by atoms with E-state index in [-0.39, 0.29) is 11.8 Å². The lowest BCUT2D eigenvalue weighted by Crippen LogP contribution is -2.40. The number of ether oxygens (including phenoxy) is 1. The number of rotatable bonds is 5. The van der Waals surface area contributed by atoms with Crippen LogP contribution in [0.3, 0.4) is 0 Å². The third-order valence-corrected chi connectivity index (χ3v) is 4.82. The van der Waals surface area contributed by atoms with Gasteiger partial charge in [-0.1, -0.05) is 0 Å². The number of hydrogen-bond donors (Lipinski definition) is 0. The van der Waals surface area contributed by atoms with E-state index in [4.69, 9.17) is 4.74 Å². The quantitative estimate of drug-likeness (QED) is 0.831. The monoisotopic (exact) mass is 327 g/mol. The van der Waals surface area contributed by atoms with Crippen LogP contribution in [-0.4, -0.2) is 51.0 Å². The molecule has 0 aromatic carbocycles. The SMILES string of the molecule is COCC1CN(C(=O)c2ccnnc2)Cc2c1cnn2CC1CC1. The van der Waals surface area contributed by atoms with Crippen LogP contribution in [0.1, 0.15) is 40.4 Å². The summed E-state index contributed by atoms with van der Waals surface area (Å²) in [7, 11) is 1.70. The number of methoxy groups -OCH3 is 1. The summed E-state index contributed by atoms with van der Waals surface area (Å²) in [4.78, 5) is 14.7. The summed E-state index contributed by atoms with van der Waals surface area (Å²) < 4.78 is 7.46. The third kappa shape index (κ3) is 2.91. The number of aromatic nitrogens is 4. The van der Waals surface area contributed by atoms with Gasteiger partial charge < -0.3 is 9.64 Å². The Morgan fingerprint density at radius 1 is 1.33 bits per heavy atom. The average molecular weight is 327 g/mol. The third-order valence-electron chi connectivity index (χ3n) is 4.82. The Morgan fingerprint density at radius 3 is 2.92 bits per heavy atom. The lowest BCUT2D eigenvalue weighted by molar-refractivity contribution is 0.0673. The molecular formula is C17H21N5O2. The normalized spacial score (nSPS) is 20.0. The number of nitrogens with zero attached hydrogens (tertiary/aromatic N) is 5. The molecule has 1 atom stereocenters. The molecule has 1 unspecified atom stereocenters. The maximum absolute atomic E-state index is 12.8. The lowest BCUT2D eigenvalue weighted by atomic mass is 9.95. The zero-order chi connectivity index (χ0) is 16.5. The molecule has 24 heavy (non-hydrogen) atoms. The summed E-state index contributed by atoms with van der Waals surface area (Å²) in [5, 5.41) is 12.1. The van der Waals surface area contributed by atoms with Crippen LogP contribution in [0.15, 0.2) is 24.7 Å². The number of fused-ring (bicyclic) bond motifs is 1. The van der Waals surface area contributed by atoms with Crippen molar-refractivity contribution in [2.45, 2.75) is 31.8 Å². The van der Waals surface area contributed by atoms with Crippen molar-refractivity contribution in [1.29, 1.82) is 0 Å². The molecule has 0 spiro atoms. The van der Waals surface area contributed by atoms with Crippen molar-refractivity contribution in [2.24, 2.45) is 5.92 Å². The second-order valence-corrected chi connectivity index (χ2v) is 6.64. The van der Waals surface area contributed by atoms with Crippen LogP contribution in [0.2, 0.25) is 0 Å². The predicted molar refractivity (Wildman–Crippen MR) is 86.3 cm³/mol. The van der Waals surface area contributed by atoms with Gasteiger partial charge in [-0.2, -0.15) is 15.3 Å². The van der Waals surface area contributed by atoms with E-state index < -0.39 is 0 Å². The van der Waals surface area contributed by atoms with Crippen LogP contribution in [0.25, 0.3) is 0 Å². The standard InChI is InChI=1S/C17H21N5O2/c1-24-11-14-9-21(17(23)13-4-5-18-19-6-13)10-16-15(14)7-20-22(16)8-12-2-3-12/h4-7,12,14H,2-3,8-11H2,1H3. The Morgan fingerprint density at radius 2 is 2.21 bits per heavy atom. The molecule has 126 valence electrons. The molecule has 1 fully saturated rings. The van der Waals surface area contributed by atoms with Crippen LogP contribution in [0.4, 0.5) is 0 Å². The molecule has 2 aromatic heterocycles. The first-order valence-corrected chi connectivity index (χ1v) is 8.35. The Bertz CT molecular complexity index is 726. The van der Waals surface area contributed by atoms with Gasteiger partial charge in [0.15, 0.2) is 0 Å². The van der Waals surface area contributed by atoms with Crippen LogP contribution in [0, 0.1) is 5.92 Å². The molecule has 1 amide bonds. The first-order valence-electron chi connectivity index (χ1n) is 8.35. The zero-order valence-electron chi connectivity index (χ0n) is 13.8. The number of carbonyl (C=O) groups excluding carboxylic acids is 1. The lowest BCUT2D eigenvalue weighted by Gasteiger charge is -2.33. The molecule has 7 heteroatoms. The molecule has 0 N–H and O–H groups in total. The van der Waals surface area contributed by atoms with Crippen molar-refractivity contribution < 1.29 is 9.53 Å². The Labute approximate surface area is 140 Å². The highest BCUT2D eigenvalue weighted by Crippen LogP contribution is 2.34. The topological polar surface area (TPSA) is 73.1 Å². The van der Waals surface area contributed by atoms with E-state index in [1.807, 2.05) is 11.1 Å². The van der Waals surface area contributed by atoms with Crippen LogP contribution < -0.4 is 0 Å². The summed E-state index contributed by atoms with van der Waals surface area (Å²) in [5.74, 6) is 0.881. The van der Waals surface area contributed by atoms with E-state index in [9.17, 15) is 4.79 Å². The van der Waals surface area contributed by atoms with Gasteiger partial charge in [0.05, 0.1) is 43.0 Å². The Balaban J connectivity index is 1.62. The first-order chi connectivity index (χ1) is 11.8. The fourth-order valence-electron chi connectivity index (χ4n) is 3.35. The van der Waals surface area contributed by atoms with E-state index in [1.54, 1.807) is 19.4 Å². The van der Waals surface area contributed by atoms with E-state index in [1.165, 1.54) is 24.6 Å². The molecule has 3 heterocycles. The fraction of sp³-hybridized carbons (Fsp3) is 0.529. The summed E-state index contributed by atoms with van der Waals surface area (Å²) in [6.45, 7) is 2.76. The Kier molecular flexibility index (Phi) is 4.02. The van der Waals surface area contributed by atoms with Crippen molar-refractivity contribution >= 4 is 5.91 Å². The summed E-state index contributed by atoms with van der Waals surface area (Å²) in [5.41, 5.74) is 2.93. The van der Waals surface area contributed by atoms with Gasteiger partial charge in [-0.25, -0.2) is 0 Å². The maximum atomic E-state index is 12.8. The predicted octanol–water partition coefficient (Wildman–Crippen LogP) is 1.47. The van der Waals surface area contributed by atoms with Gasteiger partial charge in [0.2, 0.25) is 0 Å². The smallest absolute Gasteiger partial charge is 0.255 e. The summed E-state index contributed by atoms with van der Waals surface area (Å²) >= 11 is 0. The number of carbonyl (C=O) groups is 1. The van der Waals surface area contributed by atoms with Crippen LogP contribution >= 0.6 is 0 Å². The molecule has 1 aliphatic carbocycles. The van der Waals surface area contributed by atoms with Gasteiger partial charge in [-0.15, -0.1) is 0 Å². The minimum Gasteiger partial charge on any atom is -0.384 e. The zero-order valence-corrected chi connectivity index (χ0v) is 13.8. The average Bonchev–Trinajstić information content (AvgIpc) is 3.34. The van der Waals surface area contributed by atoms with Gasteiger partial charge in [-0.05, 0) is 24.8 Å². The second kappa shape index (κ2) is 6.32. The maximum Gasteiger partial charge on any atom is 0.255 e. The highest BCUT2D eigenvalue weighted by molar-refractivity contribution is 5.93. The molecule has 4 rings (SSSR count). The second-order valence-electron chi connectivity index (χ2n) is 6.64. The molecule has 7 nitrogen and oxygen atoms in total. The van der Waals surface area contributed by atoms with Crippen molar-refractivity contribution in [3.05, 3.63) is 41.5 Å². The van der Waals surface area contributed by atoms with Crippen LogP contribution in [0.5, 0.6) is 0 Å². The minimum atomic E-state index is -0.0178. The highest BCUT2D eigenvalue weighted by Gasteiger charge is 2.33. The summed E-state index contributed by atoms with van der Waals surface area (Å²) in [6.07, 6.45) is 7.58. The van der Waals surface area contributed by atoms with Gasteiger partial charge >= 0.3 is 0 Å². The first kappa shape index (κ1) is 15.3. The van der Waals surface area contributed by atoms with Crippen molar-refractivity contribution in [3.63, 3.8) is 0 Å². The van der Waals surface area contributed by atoms with Crippen molar-refractivity contribution in [1.82, 2.24) is 24.9 Å². The molecule has 0 radical (unpaired) electrons. The van der Waals surface area contributed by atoms with Crippen molar-refractivity contribution in [2.75, 3.05) is 20.3 Å². The van der Waals surface area contributed by atoms with E-state index in [2.05, 4.69) is 20.0 Å². The fourth-order valence-corrected chi connectivity index (χ4v) is 3.35. The van der Waals surface area contributed by atoms with E-state index in [0.29, 0.717) is 25.3 Å². The molecule has 1 aliphatic heterocycles. The van der Waals surface area contributed by atoms with E-state index in [0.717, 1.165) is 18.2 Å². The number of amides is 1. The summed E-state index contributed by atoms with van der Waals surface area (Å²) in [6, 6.07) is 1.71. The van der Waals surface area contributed by atoms with Gasteiger partial charge in [0.1, 0.15) is 0 Å². The largest absolute Gasteiger partial charge is 0.384 e. The Hall–Kier alpha value is -2.28. The van der Waals surface area contributed by atoms with Crippen LogP contribution in [-0.2, 0) is 17.8 Å². The van der Waals surface area contributed by atoms with Gasteiger partial charge in [0.25, 0.3) is 5.91 Å². The molecule has 2 aliphatic rings. The number of hydrogen-bond acceptors (Lipinski definition) is 5. The molecule has 1 saturated carbocycles. The molecular weight excluding hydrogens is 306 g/mol. The molecule has 0 saturated heterocycles. The van der Waals surface area contributed by atoms with Gasteiger partial charge in [-0.3, -0.25) is 9.48 Å². The molecule has 0 bridgehead atoms. The molecule has 2 aromatic rings. The van der Waals surface area contributed by atoms with Crippen molar-refractivity contribution in [3.8, 4) is 0 Å².